The molecular formula is C15H26N2O2S. The second-order valence-corrected chi connectivity index (χ2v) is 6.78. The van der Waals surface area contributed by atoms with Crippen molar-refractivity contribution in [3.05, 3.63) is 22.4 Å². The van der Waals surface area contributed by atoms with Crippen LogP contribution in [0, 0.1) is 0 Å². The molecular weight excluding hydrogens is 272 g/mol. The van der Waals surface area contributed by atoms with Gasteiger partial charge in [-0.1, -0.05) is 12.5 Å². The smallest absolute Gasteiger partial charge is 0.407 e. The Hall–Kier alpha value is -1.07. The highest BCUT2D eigenvalue weighted by molar-refractivity contribution is 7.09. The van der Waals surface area contributed by atoms with Crippen molar-refractivity contribution in [3.8, 4) is 0 Å². The van der Waals surface area contributed by atoms with Gasteiger partial charge in [-0.15, -0.1) is 11.3 Å². The van der Waals surface area contributed by atoms with E-state index in [9.17, 15) is 4.79 Å². The van der Waals surface area contributed by atoms with E-state index in [1.54, 1.807) is 11.3 Å². The SMILES string of the molecule is CC(C)(C)OC(=O)NCCCCCNCc1cccs1. The van der Waals surface area contributed by atoms with Gasteiger partial charge in [0.1, 0.15) is 5.60 Å². The van der Waals surface area contributed by atoms with Crippen molar-refractivity contribution in [2.75, 3.05) is 13.1 Å². The Kier molecular flexibility index (Phi) is 7.62. The molecule has 1 aromatic heterocycles. The second-order valence-electron chi connectivity index (χ2n) is 5.75. The fourth-order valence-corrected chi connectivity index (χ4v) is 2.36. The third-order valence-electron chi connectivity index (χ3n) is 2.58. The van der Waals surface area contributed by atoms with Crippen LogP contribution in [0.4, 0.5) is 4.79 Å². The molecule has 20 heavy (non-hydrogen) atoms. The lowest BCUT2D eigenvalue weighted by Crippen LogP contribution is -2.33. The number of amides is 1. The molecule has 0 aliphatic carbocycles. The van der Waals surface area contributed by atoms with Crippen molar-refractivity contribution < 1.29 is 9.53 Å². The topological polar surface area (TPSA) is 50.4 Å². The van der Waals surface area contributed by atoms with Crippen LogP contribution in [0.15, 0.2) is 17.5 Å². The number of unbranched alkanes of at least 4 members (excludes halogenated alkanes) is 2. The van der Waals surface area contributed by atoms with Crippen molar-refractivity contribution in [2.24, 2.45) is 0 Å². The van der Waals surface area contributed by atoms with Crippen LogP contribution >= 0.6 is 11.3 Å². The molecule has 1 heterocycles. The van der Waals surface area contributed by atoms with Gasteiger partial charge in [-0.3, -0.25) is 0 Å². The van der Waals surface area contributed by atoms with E-state index in [0.717, 1.165) is 32.4 Å². The lowest BCUT2D eigenvalue weighted by atomic mass is 10.2. The molecule has 1 amide bonds. The number of carbonyl (C=O) groups excluding carboxylic acids is 1. The zero-order chi connectivity index (χ0) is 14.8. The van der Waals surface area contributed by atoms with E-state index < -0.39 is 5.60 Å². The van der Waals surface area contributed by atoms with Gasteiger partial charge in [0.05, 0.1) is 0 Å². The first-order valence-corrected chi connectivity index (χ1v) is 8.05. The molecule has 0 spiro atoms. The lowest BCUT2D eigenvalue weighted by molar-refractivity contribution is 0.0527. The molecule has 0 unspecified atom stereocenters. The van der Waals surface area contributed by atoms with Gasteiger partial charge in [-0.05, 0) is 51.6 Å². The summed E-state index contributed by atoms with van der Waals surface area (Å²) in [6.07, 6.45) is 2.89. The van der Waals surface area contributed by atoms with Crippen LogP contribution in [0.2, 0.25) is 0 Å². The molecule has 4 nitrogen and oxygen atoms in total. The highest BCUT2D eigenvalue weighted by Crippen LogP contribution is 2.07. The van der Waals surface area contributed by atoms with E-state index in [2.05, 4.69) is 28.1 Å². The third kappa shape index (κ3) is 8.93. The van der Waals surface area contributed by atoms with Gasteiger partial charge in [0.25, 0.3) is 0 Å². The van der Waals surface area contributed by atoms with Gasteiger partial charge in [0.2, 0.25) is 0 Å². The minimum atomic E-state index is -0.421. The number of thiophene rings is 1. The first-order valence-electron chi connectivity index (χ1n) is 7.17. The molecule has 0 aliphatic rings. The fraction of sp³-hybridized carbons (Fsp3) is 0.667. The van der Waals surface area contributed by atoms with E-state index in [4.69, 9.17) is 4.74 Å². The Morgan fingerprint density at radius 3 is 2.65 bits per heavy atom. The number of carbonyl (C=O) groups is 1. The quantitative estimate of drug-likeness (QED) is 0.722. The molecule has 1 rings (SSSR count). The first-order chi connectivity index (χ1) is 9.47. The zero-order valence-corrected chi connectivity index (χ0v) is 13.5. The summed E-state index contributed by atoms with van der Waals surface area (Å²) in [5, 5.41) is 8.29. The second kappa shape index (κ2) is 8.97. The number of nitrogens with one attached hydrogen (secondary N) is 2. The molecule has 0 fully saturated rings. The highest BCUT2D eigenvalue weighted by Gasteiger charge is 2.15. The van der Waals surface area contributed by atoms with E-state index in [-0.39, 0.29) is 6.09 Å². The molecule has 114 valence electrons. The van der Waals surface area contributed by atoms with Crippen molar-refractivity contribution in [3.63, 3.8) is 0 Å². The first kappa shape index (κ1) is 17.0. The van der Waals surface area contributed by atoms with E-state index in [0.29, 0.717) is 6.54 Å². The van der Waals surface area contributed by atoms with Crippen LogP contribution in [-0.4, -0.2) is 24.8 Å². The summed E-state index contributed by atoms with van der Waals surface area (Å²) in [5.74, 6) is 0. The van der Waals surface area contributed by atoms with Gasteiger partial charge in [-0.2, -0.15) is 0 Å². The molecule has 2 N–H and O–H groups in total. The molecule has 1 aromatic rings. The average Bonchev–Trinajstić information content (AvgIpc) is 2.83. The van der Waals surface area contributed by atoms with Crippen molar-refractivity contribution in [2.45, 2.75) is 52.2 Å². The maximum Gasteiger partial charge on any atom is 0.407 e. The van der Waals surface area contributed by atoms with Gasteiger partial charge >= 0.3 is 6.09 Å². The Morgan fingerprint density at radius 1 is 1.25 bits per heavy atom. The molecule has 0 aliphatic heterocycles. The predicted molar refractivity (Wildman–Crippen MR) is 84.1 cm³/mol. The Balaban J connectivity index is 1.88. The summed E-state index contributed by atoms with van der Waals surface area (Å²) < 4.78 is 5.16. The van der Waals surface area contributed by atoms with Crippen LogP contribution in [0.5, 0.6) is 0 Å². The van der Waals surface area contributed by atoms with Crippen LogP contribution in [0.3, 0.4) is 0 Å². The number of rotatable bonds is 8. The zero-order valence-electron chi connectivity index (χ0n) is 12.7. The number of hydrogen-bond donors (Lipinski definition) is 2. The molecule has 5 heteroatoms. The summed E-state index contributed by atoms with van der Waals surface area (Å²) in [6, 6.07) is 4.21. The number of alkyl carbamates (subject to hydrolysis) is 1. The van der Waals surface area contributed by atoms with Crippen LogP contribution in [0.25, 0.3) is 0 Å². The Bertz CT molecular complexity index is 372. The minimum Gasteiger partial charge on any atom is -0.444 e. The highest BCUT2D eigenvalue weighted by atomic mass is 32.1. The largest absolute Gasteiger partial charge is 0.444 e. The number of hydrogen-bond acceptors (Lipinski definition) is 4. The molecule has 0 radical (unpaired) electrons. The summed E-state index contributed by atoms with van der Waals surface area (Å²) in [5.41, 5.74) is -0.421. The summed E-state index contributed by atoms with van der Waals surface area (Å²) >= 11 is 1.78. The summed E-state index contributed by atoms with van der Waals surface area (Å²) in [6.45, 7) is 8.25. The number of ether oxygens (including phenoxy) is 1. The summed E-state index contributed by atoms with van der Waals surface area (Å²) in [7, 11) is 0. The molecule has 0 saturated carbocycles. The monoisotopic (exact) mass is 298 g/mol. The summed E-state index contributed by atoms with van der Waals surface area (Å²) in [4.78, 5) is 12.8. The van der Waals surface area contributed by atoms with E-state index in [1.165, 1.54) is 4.88 Å². The van der Waals surface area contributed by atoms with Crippen LogP contribution < -0.4 is 10.6 Å². The van der Waals surface area contributed by atoms with Crippen LogP contribution in [0.1, 0.15) is 44.9 Å². The van der Waals surface area contributed by atoms with Crippen LogP contribution in [-0.2, 0) is 11.3 Å². The van der Waals surface area contributed by atoms with Crippen molar-refractivity contribution in [1.82, 2.24) is 10.6 Å². The van der Waals surface area contributed by atoms with Gasteiger partial charge in [0, 0.05) is 18.0 Å². The Labute approximate surface area is 125 Å². The maximum atomic E-state index is 11.4. The van der Waals surface area contributed by atoms with Gasteiger partial charge in [0.15, 0.2) is 0 Å². The fourth-order valence-electron chi connectivity index (χ4n) is 1.68. The minimum absolute atomic E-state index is 0.326. The van der Waals surface area contributed by atoms with E-state index in [1.807, 2.05) is 20.8 Å². The molecule has 0 saturated heterocycles. The average molecular weight is 298 g/mol. The molecule has 0 bridgehead atoms. The van der Waals surface area contributed by atoms with Crippen molar-refractivity contribution in [1.29, 1.82) is 0 Å². The predicted octanol–water partition coefficient (Wildman–Crippen LogP) is 3.53. The molecule has 0 aromatic carbocycles. The van der Waals surface area contributed by atoms with E-state index >= 15 is 0 Å². The lowest BCUT2D eigenvalue weighted by Gasteiger charge is -2.19. The third-order valence-corrected chi connectivity index (χ3v) is 3.45. The molecule has 0 atom stereocenters. The van der Waals surface area contributed by atoms with Gasteiger partial charge < -0.3 is 15.4 Å². The Morgan fingerprint density at radius 2 is 2.00 bits per heavy atom. The normalized spacial score (nSPS) is 11.3. The standard InChI is InChI=1S/C15H26N2O2S/c1-15(2,3)19-14(18)17-10-6-4-5-9-16-12-13-8-7-11-20-13/h7-8,11,16H,4-6,9-10,12H2,1-3H3,(H,17,18). The van der Waals surface area contributed by atoms with Gasteiger partial charge in [-0.25, -0.2) is 4.79 Å². The maximum absolute atomic E-state index is 11.4. The van der Waals surface area contributed by atoms with Crippen molar-refractivity contribution >= 4 is 17.4 Å².